The summed E-state index contributed by atoms with van der Waals surface area (Å²) in [5, 5.41) is 18.5. The van der Waals surface area contributed by atoms with Crippen LogP contribution in [0.5, 0.6) is 0 Å². The second kappa shape index (κ2) is 15.3. The van der Waals surface area contributed by atoms with E-state index >= 15 is 0 Å². The van der Waals surface area contributed by atoms with Crippen molar-refractivity contribution in [3.8, 4) is 0 Å². The summed E-state index contributed by atoms with van der Waals surface area (Å²) in [7, 11) is 0. The molecular weight excluding hydrogens is 254 g/mol. The highest BCUT2D eigenvalue weighted by Gasteiger charge is 1.96. The number of nitrogens with two attached hydrogens (primary N) is 1. The SMILES string of the molecule is NC(=O)CCCCCCCCCCCOOOOO. The van der Waals surface area contributed by atoms with Gasteiger partial charge >= 0.3 is 0 Å². The van der Waals surface area contributed by atoms with E-state index in [0.29, 0.717) is 13.0 Å². The molecule has 0 saturated heterocycles. The normalized spacial score (nSPS) is 10.8. The van der Waals surface area contributed by atoms with E-state index in [4.69, 9.17) is 11.0 Å². The van der Waals surface area contributed by atoms with E-state index < -0.39 is 0 Å². The van der Waals surface area contributed by atoms with Gasteiger partial charge in [0.15, 0.2) is 0 Å². The minimum Gasteiger partial charge on any atom is -0.370 e. The summed E-state index contributed by atoms with van der Waals surface area (Å²) in [4.78, 5) is 15.0. The number of carbonyl (C=O) groups excluding carboxylic acids is 1. The van der Waals surface area contributed by atoms with Gasteiger partial charge in [0, 0.05) is 6.42 Å². The van der Waals surface area contributed by atoms with E-state index in [1.165, 1.54) is 25.7 Å². The molecule has 0 radical (unpaired) electrons. The summed E-state index contributed by atoms with van der Waals surface area (Å²) < 4.78 is 0. The van der Waals surface area contributed by atoms with Crippen molar-refractivity contribution in [3.05, 3.63) is 0 Å². The molecule has 0 heterocycles. The number of rotatable bonds is 15. The third-order valence-electron chi connectivity index (χ3n) is 2.76. The maximum absolute atomic E-state index is 10.5. The molecule has 0 aliphatic rings. The van der Waals surface area contributed by atoms with E-state index in [-0.39, 0.29) is 5.91 Å². The van der Waals surface area contributed by atoms with Crippen molar-refractivity contribution in [2.24, 2.45) is 5.73 Å². The number of amides is 1. The van der Waals surface area contributed by atoms with Gasteiger partial charge in [-0.15, -0.1) is 0 Å². The van der Waals surface area contributed by atoms with Gasteiger partial charge in [-0.3, -0.25) is 4.79 Å². The third kappa shape index (κ3) is 17.3. The molecule has 19 heavy (non-hydrogen) atoms. The maximum atomic E-state index is 10.5. The third-order valence-corrected chi connectivity index (χ3v) is 2.76. The summed E-state index contributed by atoms with van der Waals surface area (Å²) in [6.45, 7) is 0.399. The topological polar surface area (TPSA) is 100 Å². The van der Waals surface area contributed by atoms with Crippen molar-refractivity contribution in [1.82, 2.24) is 0 Å². The second-order valence-electron chi connectivity index (χ2n) is 4.43. The molecular formula is C12H25NO6. The molecule has 1 amide bonds. The molecule has 0 aliphatic heterocycles. The molecule has 0 atom stereocenters. The molecule has 114 valence electrons. The van der Waals surface area contributed by atoms with Gasteiger partial charge in [0.2, 0.25) is 5.91 Å². The van der Waals surface area contributed by atoms with Crippen LogP contribution in [-0.2, 0) is 24.8 Å². The van der Waals surface area contributed by atoms with Crippen LogP contribution in [0, 0.1) is 0 Å². The number of unbranched alkanes of at least 4 members (excludes halogenated alkanes) is 8. The lowest BCUT2D eigenvalue weighted by molar-refractivity contribution is -0.702. The average Bonchev–Trinajstić information content (AvgIpc) is 2.39. The van der Waals surface area contributed by atoms with Gasteiger partial charge in [0.25, 0.3) is 0 Å². The lowest BCUT2D eigenvalue weighted by Crippen LogP contribution is -2.09. The van der Waals surface area contributed by atoms with E-state index in [0.717, 1.165) is 32.1 Å². The lowest BCUT2D eigenvalue weighted by atomic mass is 10.1. The fraction of sp³-hybridized carbons (Fsp3) is 0.917. The molecule has 0 bridgehead atoms. The standard InChI is InChI=1S/C12H25NO6/c13-12(14)10-8-6-4-2-1-3-5-7-9-11-16-18-19-17-15/h15H,1-11H2,(H2,13,14). The van der Waals surface area contributed by atoms with Crippen LogP contribution in [0.15, 0.2) is 0 Å². The molecule has 0 fully saturated rings. The number of carbonyl (C=O) groups is 1. The Morgan fingerprint density at radius 2 is 1.37 bits per heavy atom. The van der Waals surface area contributed by atoms with Crippen molar-refractivity contribution in [3.63, 3.8) is 0 Å². The molecule has 7 heteroatoms. The highest BCUT2D eigenvalue weighted by Crippen LogP contribution is 2.10. The van der Waals surface area contributed by atoms with Crippen molar-refractivity contribution < 1.29 is 30.1 Å². The van der Waals surface area contributed by atoms with Crippen LogP contribution in [0.25, 0.3) is 0 Å². The Balaban J connectivity index is 2.93. The summed E-state index contributed by atoms with van der Waals surface area (Å²) in [6, 6.07) is 0. The fourth-order valence-corrected chi connectivity index (χ4v) is 1.76. The van der Waals surface area contributed by atoms with Crippen LogP contribution in [0.3, 0.4) is 0 Å². The minimum atomic E-state index is -0.206. The van der Waals surface area contributed by atoms with E-state index in [1.807, 2.05) is 0 Å². The van der Waals surface area contributed by atoms with Gasteiger partial charge in [-0.1, -0.05) is 44.9 Å². The molecule has 0 aromatic heterocycles. The highest BCUT2D eigenvalue weighted by atomic mass is 17.8. The number of hydrogen-bond acceptors (Lipinski definition) is 6. The monoisotopic (exact) mass is 279 g/mol. The van der Waals surface area contributed by atoms with Crippen LogP contribution in [0.1, 0.15) is 64.2 Å². The molecule has 0 saturated carbocycles. The van der Waals surface area contributed by atoms with E-state index in [1.54, 1.807) is 0 Å². The summed E-state index contributed by atoms with van der Waals surface area (Å²) in [6.07, 6.45) is 10.4. The predicted octanol–water partition coefficient (Wildman–Crippen LogP) is 2.66. The van der Waals surface area contributed by atoms with Crippen molar-refractivity contribution in [2.75, 3.05) is 6.61 Å². The molecule has 3 N–H and O–H groups in total. The number of primary amides is 1. The maximum Gasteiger partial charge on any atom is 0.217 e. The molecule has 0 rings (SSSR count). The Morgan fingerprint density at radius 1 is 0.842 bits per heavy atom. The lowest BCUT2D eigenvalue weighted by Gasteiger charge is -2.02. The Hall–Kier alpha value is -0.730. The first-order valence-electron chi connectivity index (χ1n) is 6.82. The van der Waals surface area contributed by atoms with Gasteiger partial charge in [-0.05, 0) is 28.0 Å². The zero-order chi connectivity index (χ0) is 14.2. The van der Waals surface area contributed by atoms with Crippen LogP contribution in [0.4, 0.5) is 0 Å². The smallest absolute Gasteiger partial charge is 0.217 e. The first-order valence-corrected chi connectivity index (χ1v) is 6.82. The summed E-state index contributed by atoms with van der Waals surface area (Å²) >= 11 is 0. The summed E-state index contributed by atoms with van der Waals surface area (Å²) in [5.74, 6) is -0.206. The van der Waals surface area contributed by atoms with Gasteiger partial charge in [-0.25, -0.2) is 10.1 Å². The van der Waals surface area contributed by atoms with Gasteiger partial charge in [-0.2, -0.15) is 0 Å². The Kier molecular flexibility index (Phi) is 14.7. The van der Waals surface area contributed by atoms with Crippen molar-refractivity contribution in [2.45, 2.75) is 64.2 Å². The van der Waals surface area contributed by atoms with Crippen LogP contribution in [0.2, 0.25) is 0 Å². The van der Waals surface area contributed by atoms with E-state index in [9.17, 15) is 4.79 Å². The summed E-state index contributed by atoms with van der Waals surface area (Å²) in [5.41, 5.74) is 5.05. The molecule has 0 spiro atoms. The Bertz CT molecular complexity index is 203. The largest absolute Gasteiger partial charge is 0.370 e. The highest BCUT2D eigenvalue weighted by molar-refractivity contribution is 5.73. The van der Waals surface area contributed by atoms with Crippen molar-refractivity contribution >= 4 is 5.91 Å². The Morgan fingerprint density at radius 3 is 1.89 bits per heavy atom. The van der Waals surface area contributed by atoms with Crippen LogP contribution < -0.4 is 5.73 Å². The zero-order valence-electron chi connectivity index (χ0n) is 11.3. The van der Waals surface area contributed by atoms with Crippen LogP contribution in [-0.4, -0.2) is 17.8 Å². The van der Waals surface area contributed by atoms with Gasteiger partial charge < -0.3 is 5.73 Å². The van der Waals surface area contributed by atoms with Crippen molar-refractivity contribution in [1.29, 1.82) is 0 Å². The molecule has 0 aromatic rings. The van der Waals surface area contributed by atoms with Crippen LogP contribution >= 0.6 is 0 Å². The fourth-order valence-electron chi connectivity index (χ4n) is 1.76. The van der Waals surface area contributed by atoms with E-state index in [2.05, 4.69) is 20.0 Å². The average molecular weight is 279 g/mol. The first kappa shape index (κ1) is 18.3. The van der Waals surface area contributed by atoms with Gasteiger partial charge in [0.05, 0.1) is 6.61 Å². The zero-order valence-corrected chi connectivity index (χ0v) is 11.3. The Labute approximate surface area is 113 Å². The van der Waals surface area contributed by atoms with Gasteiger partial charge in [0.1, 0.15) is 0 Å². The molecule has 0 aromatic carbocycles. The first-order chi connectivity index (χ1) is 9.27. The molecule has 0 aliphatic carbocycles. The minimum absolute atomic E-state index is 0.206. The molecule has 7 nitrogen and oxygen atoms in total. The number of hydrogen-bond donors (Lipinski definition) is 2. The molecule has 0 unspecified atom stereocenters. The second-order valence-corrected chi connectivity index (χ2v) is 4.43. The predicted molar refractivity (Wildman–Crippen MR) is 67.2 cm³/mol. The quantitative estimate of drug-likeness (QED) is 0.271.